The van der Waals surface area contributed by atoms with Gasteiger partial charge in [0.2, 0.25) is 5.88 Å². The molecule has 25 heavy (non-hydrogen) atoms. The van der Waals surface area contributed by atoms with Crippen LogP contribution in [-0.2, 0) is 13.1 Å². The number of imidazole rings is 1. The molecule has 6 nitrogen and oxygen atoms in total. The van der Waals surface area contributed by atoms with Crippen molar-refractivity contribution in [2.75, 3.05) is 0 Å². The average Bonchev–Trinajstić information content (AvgIpc) is 2.80. The van der Waals surface area contributed by atoms with Crippen LogP contribution in [0.2, 0.25) is 0 Å². The van der Waals surface area contributed by atoms with Gasteiger partial charge in [0, 0.05) is 24.9 Å². The van der Waals surface area contributed by atoms with E-state index in [2.05, 4.69) is 4.98 Å². The van der Waals surface area contributed by atoms with Crippen LogP contribution in [0.1, 0.15) is 26.3 Å². The standard InChI is InChI=1S/C19H23N3O3/c1-5-21-15-8-7-14(25-17-9-6-13(2)11-20-17)10-16(15)22(18(21)23)12-19(3,4)24/h6-11,24H,5,12H2,1-4H3. The maximum Gasteiger partial charge on any atom is 0.329 e. The van der Waals surface area contributed by atoms with Gasteiger partial charge in [0.25, 0.3) is 0 Å². The Bertz CT molecular complexity index is 947. The number of aryl methyl sites for hydroxylation is 2. The second kappa shape index (κ2) is 6.37. The summed E-state index contributed by atoms with van der Waals surface area (Å²) in [6, 6.07) is 9.24. The highest BCUT2D eigenvalue weighted by Gasteiger charge is 2.20. The van der Waals surface area contributed by atoms with Gasteiger partial charge in [-0.25, -0.2) is 9.78 Å². The molecule has 0 saturated heterocycles. The molecule has 0 radical (unpaired) electrons. The second-order valence-electron chi connectivity index (χ2n) is 6.85. The molecule has 132 valence electrons. The van der Waals surface area contributed by atoms with E-state index in [1.54, 1.807) is 35.2 Å². The summed E-state index contributed by atoms with van der Waals surface area (Å²) >= 11 is 0. The van der Waals surface area contributed by atoms with E-state index in [-0.39, 0.29) is 12.2 Å². The molecule has 0 saturated carbocycles. The summed E-state index contributed by atoms with van der Waals surface area (Å²) in [4.78, 5) is 16.9. The molecule has 0 unspecified atom stereocenters. The lowest BCUT2D eigenvalue weighted by Crippen LogP contribution is -2.33. The van der Waals surface area contributed by atoms with Gasteiger partial charge in [-0.1, -0.05) is 6.07 Å². The van der Waals surface area contributed by atoms with Crippen LogP contribution in [0.4, 0.5) is 0 Å². The molecule has 2 heterocycles. The van der Waals surface area contributed by atoms with Gasteiger partial charge in [0.15, 0.2) is 0 Å². The number of aliphatic hydroxyl groups is 1. The molecule has 0 amide bonds. The number of hydrogen-bond acceptors (Lipinski definition) is 4. The van der Waals surface area contributed by atoms with Crippen LogP contribution in [0.15, 0.2) is 41.3 Å². The lowest BCUT2D eigenvalue weighted by Gasteiger charge is -2.17. The number of hydrogen-bond donors (Lipinski definition) is 1. The van der Waals surface area contributed by atoms with Gasteiger partial charge < -0.3 is 9.84 Å². The number of nitrogens with zero attached hydrogens (tertiary/aromatic N) is 3. The number of pyridine rings is 1. The van der Waals surface area contributed by atoms with Crippen molar-refractivity contribution >= 4 is 11.0 Å². The van der Waals surface area contributed by atoms with Gasteiger partial charge in [-0.3, -0.25) is 9.13 Å². The van der Waals surface area contributed by atoms with E-state index in [1.807, 2.05) is 38.1 Å². The van der Waals surface area contributed by atoms with E-state index in [4.69, 9.17) is 4.74 Å². The quantitative estimate of drug-likeness (QED) is 0.774. The van der Waals surface area contributed by atoms with Crippen molar-refractivity contribution in [3.8, 4) is 11.6 Å². The van der Waals surface area contributed by atoms with Crippen LogP contribution in [0, 0.1) is 6.92 Å². The molecule has 0 fully saturated rings. The van der Waals surface area contributed by atoms with Gasteiger partial charge in [0.1, 0.15) is 5.75 Å². The Labute approximate surface area is 146 Å². The molecule has 2 aromatic heterocycles. The number of aromatic nitrogens is 3. The molecular formula is C19H23N3O3. The SMILES string of the molecule is CCn1c(=O)n(CC(C)(C)O)c2cc(Oc3ccc(C)cn3)ccc21. The highest BCUT2D eigenvalue weighted by Crippen LogP contribution is 2.25. The Morgan fingerprint density at radius 2 is 1.92 bits per heavy atom. The zero-order valence-corrected chi connectivity index (χ0v) is 15.0. The molecule has 0 aliphatic carbocycles. The van der Waals surface area contributed by atoms with Crippen molar-refractivity contribution in [2.45, 2.75) is 46.4 Å². The Morgan fingerprint density at radius 1 is 1.16 bits per heavy atom. The zero-order chi connectivity index (χ0) is 18.2. The minimum Gasteiger partial charge on any atom is -0.439 e. The van der Waals surface area contributed by atoms with Crippen LogP contribution in [0.3, 0.4) is 0 Å². The maximum absolute atomic E-state index is 12.7. The van der Waals surface area contributed by atoms with E-state index >= 15 is 0 Å². The first-order valence-electron chi connectivity index (χ1n) is 8.34. The van der Waals surface area contributed by atoms with Crippen molar-refractivity contribution in [1.29, 1.82) is 0 Å². The molecule has 1 N–H and O–H groups in total. The molecule has 3 aromatic rings. The minimum absolute atomic E-state index is 0.134. The van der Waals surface area contributed by atoms with E-state index in [1.165, 1.54) is 0 Å². The molecular weight excluding hydrogens is 318 g/mol. The van der Waals surface area contributed by atoms with Gasteiger partial charge in [-0.05, 0) is 45.4 Å². The maximum atomic E-state index is 12.7. The fourth-order valence-electron chi connectivity index (χ4n) is 2.84. The molecule has 0 bridgehead atoms. The Morgan fingerprint density at radius 3 is 2.52 bits per heavy atom. The zero-order valence-electron chi connectivity index (χ0n) is 15.0. The predicted octanol–water partition coefficient (Wildman–Crippen LogP) is 3.09. The normalized spacial score (nSPS) is 11.9. The Hall–Kier alpha value is -2.60. The smallest absolute Gasteiger partial charge is 0.329 e. The van der Waals surface area contributed by atoms with Crippen molar-refractivity contribution in [3.63, 3.8) is 0 Å². The first-order chi connectivity index (χ1) is 11.8. The minimum atomic E-state index is -0.994. The summed E-state index contributed by atoms with van der Waals surface area (Å²) < 4.78 is 9.09. The highest BCUT2D eigenvalue weighted by molar-refractivity contribution is 5.78. The number of ether oxygens (including phenoxy) is 1. The number of fused-ring (bicyclic) bond motifs is 1. The molecule has 6 heteroatoms. The molecule has 1 aromatic carbocycles. The third-order valence-corrected chi connectivity index (χ3v) is 3.96. The van der Waals surface area contributed by atoms with E-state index in [0.717, 1.165) is 16.6 Å². The monoisotopic (exact) mass is 341 g/mol. The summed E-state index contributed by atoms with van der Waals surface area (Å²) in [5.74, 6) is 1.10. The molecule has 0 atom stereocenters. The van der Waals surface area contributed by atoms with E-state index < -0.39 is 5.60 Å². The predicted molar refractivity (Wildman–Crippen MR) is 97.2 cm³/mol. The van der Waals surface area contributed by atoms with Gasteiger partial charge >= 0.3 is 5.69 Å². The largest absolute Gasteiger partial charge is 0.439 e. The topological polar surface area (TPSA) is 69.3 Å². The fraction of sp³-hybridized carbons (Fsp3) is 0.368. The lowest BCUT2D eigenvalue weighted by atomic mass is 10.1. The van der Waals surface area contributed by atoms with Crippen molar-refractivity contribution in [3.05, 3.63) is 52.6 Å². The number of benzene rings is 1. The van der Waals surface area contributed by atoms with E-state index in [9.17, 15) is 9.90 Å². The Kier molecular flexibility index (Phi) is 4.39. The van der Waals surface area contributed by atoms with Crippen LogP contribution >= 0.6 is 0 Å². The van der Waals surface area contributed by atoms with Gasteiger partial charge in [0.05, 0.1) is 23.2 Å². The third-order valence-electron chi connectivity index (χ3n) is 3.96. The lowest BCUT2D eigenvalue weighted by molar-refractivity contribution is 0.0615. The van der Waals surface area contributed by atoms with Crippen molar-refractivity contribution in [1.82, 2.24) is 14.1 Å². The summed E-state index contributed by atoms with van der Waals surface area (Å²) in [7, 11) is 0. The summed E-state index contributed by atoms with van der Waals surface area (Å²) in [6.07, 6.45) is 1.74. The first-order valence-corrected chi connectivity index (χ1v) is 8.34. The van der Waals surface area contributed by atoms with Crippen molar-refractivity contribution < 1.29 is 9.84 Å². The fourth-order valence-corrected chi connectivity index (χ4v) is 2.84. The van der Waals surface area contributed by atoms with Crippen LogP contribution < -0.4 is 10.4 Å². The van der Waals surface area contributed by atoms with Crippen LogP contribution in [-0.4, -0.2) is 24.8 Å². The first kappa shape index (κ1) is 17.2. The second-order valence-corrected chi connectivity index (χ2v) is 6.85. The summed E-state index contributed by atoms with van der Waals surface area (Å²) in [5.41, 5.74) is 1.48. The summed E-state index contributed by atoms with van der Waals surface area (Å²) in [6.45, 7) is 8.04. The third kappa shape index (κ3) is 3.58. The van der Waals surface area contributed by atoms with Gasteiger partial charge in [-0.2, -0.15) is 0 Å². The molecule has 0 aliphatic heterocycles. The van der Waals surface area contributed by atoms with E-state index in [0.29, 0.717) is 18.2 Å². The highest BCUT2D eigenvalue weighted by atomic mass is 16.5. The van der Waals surface area contributed by atoms with Crippen LogP contribution in [0.25, 0.3) is 11.0 Å². The summed E-state index contributed by atoms with van der Waals surface area (Å²) in [5, 5.41) is 10.2. The Balaban J connectivity index is 2.07. The average molecular weight is 341 g/mol. The molecule has 0 aliphatic rings. The van der Waals surface area contributed by atoms with Crippen LogP contribution in [0.5, 0.6) is 11.6 Å². The van der Waals surface area contributed by atoms with Gasteiger partial charge in [-0.15, -0.1) is 0 Å². The molecule has 0 spiro atoms. The molecule has 3 rings (SSSR count). The van der Waals surface area contributed by atoms with Crippen molar-refractivity contribution in [2.24, 2.45) is 0 Å². The number of rotatable bonds is 5.